The highest BCUT2D eigenvalue weighted by atomic mass is 35.5. The van der Waals surface area contributed by atoms with Crippen molar-refractivity contribution in [2.45, 2.75) is 13.8 Å². The first-order valence-electron chi connectivity index (χ1n) is 7.19. The molecule has 0 aliphatic carbocycles. The normalized spacial score (nSPS) is 11.2. The van der Waals surface area contributed by atoms with Gasteiger partial charge < -0.3 is 4.57 Å². The summed E-state index contributed by atoms with van der Waals surface area (Å²) >= 11 is 6.23. The molecule has 110 valence electrons. The van der Waals surface area contributed by atoms with Crippen LogP contribution in [0.25, 0.3) is 5.69 Å². The quantitative estimate of drug-likeness (QED) is 0.569. The number of aliphatic imine (C=N–C) groups is 1. The van der Waals surface area contributed by atoms with E-state index in [2.05, 4.69) is 28.6 Å². The topological polar surface area (TPSA) is 17.3 Å². The van der Waals surface area contributed by atoms with Gasteiger partial charge in [0.05, 0.1) is 17.6 Å². The summed E-state index contributed by atoms with van der Waals surface area (Å²) in [5.41, 5.74) is 5.27. The van der Waals surface area contributed by atoms with Gasteiger partial charge in [0.15, 0.2) is 0 Å². The molecule has 0 spiro atoms. The van der Waals surface area contributed by atoms with Gasteiger partial charge in [0.1, 0.15) is 0 Å². The Labute approximate surface area is 135 Å². The van der Waals surface area contributed by atoms with Crippen LogP contribution in [-0.2, 0) is 0 Å². The van der Waals surface area contributed by atoms with Gasteiger partial charge in [-0.2, -0.15) is 0 Å². The Hall–Kier alpha value is -2.32. The van der Waals surface area contributed by atoms with Gasteiger partial charge in [0.2, 0.25) is 0 Å². The zero-order valence-electron chi connectivity index (χ0n) is 12.6. The molecule has 0 fully saturated rings. The van der Waals surface area contributed by atoms with Crippen molar-refractivity contribution in [3.05, 3.63) is 82.6 Å². The molecule has 0 aliphatic rings. The van der Waals surface area contributed by atoms with Crippen LogP contribution < -0.4 is 0 Å². The number of hydrogen-bond acceptors (Lipinski definition) is 1. The summed E-state index contributed by atoms with van der Waals surface area (Å²) in [6.45, 7) is 4.06. The van der Waals surface area contributed by atoms with Crippen LogP contribution in [0, 0.1) is 13.8 Å². The summed E-state index contributed by atoms with van der Waals surface area (Å²) in [6.07, 6.45) is 3.90. The maximum Gasteiger partial charge on any atom is 0.0659 e. The molecule has 0 unspecified atom stereocenters. The highest BCUT2D eigenvalue weighted by Crippen LogP contribution is 2.21. The molecule has 3 aromatic rings. The van der Waals surface area contributed by atoms with Gasteiger partial charge in [-0.25, -0.2) is 0 Å². The molecule has 0 bridgehead atoms. The minimum Gasteiger partial charge on any atom is -0.316 e. The first-order valence-corrected chi connectivity index (χ1v) is 7.56. The lowest BCUT2D eigenvalue weighted by molar-refractivity contribution is 1.06. The summed E-state index contributed by atoms with van der Waals surface area (Å²) in [5, 5.41) is 0.771. The maximum absolute atomic E-state index is 6.23. The van der Waals surface area contributed by atoms with Crippen LogP contribution in [0.4, 0.5) is 5.69 Å². The predicted octanol–water partition coefficient (Wildman–Crippen LogP) is 5.50. The Morgan fingerprint density at radius 2 is 1.77 bits per heavy atom. The third kappa shape index (κ3) is 2.97. The van der Waals surface area contributed by atoms with Crippen molar-refractivity contribution in [1.82, 2.24) is 4.57 Å². The zero-order chi connectivity index (χ0) is 15.5. The van der Waals surface area contributed by atoms with Crippen LogP contribution >= 0.6 is 11.6 Å². The molecule has 22 heavy (non-hydrogen) atoms. The minimum atomic E-state index is 0.771. The van der Waals surface area contributed by atoms with E-state index in [4.69, 9.17) is 11.6 Å². The van der Waals surface area contributed by atoms with E-state index in [0.29, 0.717) is 0 Å². The molecular weight excluding hydrogens is 292 g/mol. The summed E-state index contributed by atoms with van der Waals surface area (Å²) in [7, 11) is 0. The standard InChI is InChI=1S/C19H17ClN2/c1-14-9-10-16(12-18(14)20)22-11-5-7-17(22)13-21-19-8-4-3-6-15(19)2/h3-13H,1-2H3. The monoisotopic (exact) mass is 308 g/mol. The van der Waals surface area contributed by atoms with Crippen molar-refractivity contribution >= 4 is 23.5 Å². The Morgan fingerprint density at radius 3 is 2.55 bits per heavy atom. The number of para-hydroxylation sites is 1. The molecule has 1 heterocycles. The van der Waals surface area contributed by atoms with Gasteiger partial charge in [-0.15, -0.1) is 0 Å². The fourth-order valence-electron chi connectivity index (χ4n) is 2.31. The minimum absolute atomic E-state index is 0.771. The van der Waals surface area contributed by atoms with Crippen LogP contribution in [0.2, 0.25) is 5.02 Å². The molecule has 0 amide bonds. The number of halogens is 1. The number of rotatable bonds is 3. The smallest absolute Gasteiger partial charge is 0.0659 e. The van der Waals surface area contributed by atoms with E-state index in [9.17, 15) is 0 Å². The fraction of sp³-hybridized carbons (Fsp3) is 0.105. The van der Waals surface area contributed by atoms with Crippen molar-refractivity contribution in [3.8, 4) is 5.69 Å². The maximum atomic E-state index is 6.23. The van der Waals surface area contributed by atoms with Gasteiger partial charge in [-0.3, -0.25) is 4.99 Å². The van der Waals surface area contributed by atoms with Gasteiger partial charge in [-0.05, 0) is 55.3 Å². The number of aromatic nitrogens is 1. The summed E-state index contributed by atoms with van der Waals surface area (Å²) in [5.74, 6) is 0. The van der Waals surface area contributed by atoms with Crippen LogP contribution in [0.1, 0.15) is 16.8 Å². The fourth-order valence-corrected chi connectivity index (χ4v) is 2.48. The first-order chi connectivity index (χ1) is 10.6. The Morgan fingerprint density at radius 1 is 0.955 bits per heavy atom. The van der Waals surface area contributed by atoms with Crippen molar-refractivity contribution in [1.29, 1.82) is 0 Å². The van der Waals surface area contributed by atoms with Crippen molar-refractivity contribution < 1.29 is 0 Å². The van der Waals surface area contributed by atoms with Crippen LogP contribution in [0.5, 0.6) is 0 Å². The van der Waals surface area contributed by atoms with E-state index in [1.165, 1.54) is 0 Å². The molecule has 0 N–H and O–H groups in total. The number of benzene rings is 2. The van der Waals surface area contributed by atoms with Gasteiger partial charge in [-0.1, -0.05) is 35.9 Å². The summed E-state index contributed by atoms with van der Waals surface area (Å²) in [4.78, 5) is 4.60. The lowest BCUT2D eigenvalue weighted by Crippen LogP contribution is -1.98. The van der Waals surface area contributed by atoms with Gasteiger partial charge >= 0.3 is 0 Å². The molecule has 0 atom stereocenters. The highest BCUT2D eigenvalue weighted by Gasteiger charge is 2.04. The van der Waals surface area contributed by atoms with E-state index in [1.807, 2.05) is 61.8 Å². The second kappa shape index (κ2) is 6.20. The molecular formula is C19H17ClN2. The summed E-state index contributed by atoms with van der Waals surface area (Å²) in [6, 6.07) is 18.2. The molecule has 2 aromatic carbocycles. The van der Waals surface area contributed by atoms with Crippen LogP contribution in [-0.4, -0.2) is 10.8 Å². The van der Waals surface area contributed by atoms with E-state index in [-0.39, 0.29) is 0 Å². The molecule has 0 saturated heterocycles. The molecule has 0 radical (unpaired) electrons. The molecule has 0 saturated carbocycles. The van der Waals surface area contributed by atoms with Crippen LogP contribution in [0.3, 0.4) is 0 Å². The second-order valence-electron chi connectivity index (χ2n) is 5.28. The van der Waals surface area contributed by atoms with E-state index < -0.39 is 0 Å². The van der Waals surface area contributed by atoms with E-state index in [0.717, 1.165) is 33.2 Å². The predicted molar refractivity (Wildman–Crippen MR) is 93.9 cm³/mol. The van der Waals surface area contributed by atoms with Crippen LogP contribution in [0.15, 0.2) is 65.8 Å². The SMILES string of the molecule is Cc1ccc(-n2cccc2C=Nc2ccccc2C)cc1Cl. The number of hydrogen-bond donors (Lipinski definition) is 0. The third-order valence-corrected chi connectivity index (χ3v) is 4.07. The highest BCUT2D eigenvalue weighted by molar-refractivity contribution is 6.31. The Bertz CT molecular complexity index is 831. The van der Waals surface area contributed by atoms with Crippen molar-refractivity contribution in [3.63, 3.8) is 0 Å². The van der Waals surface area contributed by atoms with Crippen molar-refractivity contribution in [2.24, 2.45) is 4.99 Å². The molecule has 0 aliphatic heterocycles. The molecule has 3 rings (SSSR count). The van der Waals surface area contributed by atoms with Gasteiger partial charge in [0, 0.05) is 16.9 Å². The lowest BCUT2D eigenvalue weighted by Gasteiger charge is -2.08. The number of aryl methyl sites for hydroxylation is 2. The average molecular weight is 309 g/mol. The largest absolute Gasteiger partial charge is 0.316 e. The third-order valence-electron chi connectivity index (χ3n) is 3.67. The molecule has 2 nitrogen and oxygen atoms in total. The summed E-state index contributed by atoms with van der Waals surface area (Å²) < 4.78 is 2.08. The lowest BCUT2D eigenvalue weighted by atomic mass is 10.2. The first kappa shape index (κ1) is 14.6. The van der Waals surface area contributed by atoms with Gasteiger partial charge in [0.25, 0.3) is 0 Å². The van der Waals surface area contributed by atoms with E-state index >= 15 is 0 Å². The average Bonchev–Trinajstić information content (AvgIpc) is 2.98. The Kier molecular flexibility index (Phi) is 4.12. The molecule has 3 heteroatoms. The number of nitrogens with zero attached hydrogens (tertiary/aromatic N) is 2. The Balaban J connectivity index is 1.95. The zero-order valence-corrected chi connectivity index (χ0v) is 13.4. The molecule has 1 aromatic heterocycles. The second-order valence-corrected chi connectivity index (χ2v) is 5.69. The van der Waals surface area contributed by atoms with Crippen molar-refractivity contribution in [2.75, 3.05) is 0 Å². The van der Waals surface area contributed by atoms with E-state index in [1.54, 1.807) is 0 Å².